The number of carbonyl (C=O) groups excluding carboxylic acids is 1. The minimum atomic E-state index is -3.94. The van der Waals surface area contributed by atoms with Crippen molar-refractivity contribution in [2.24, 2.45) is 5.41 Å². The smallest absolute Gasteiger partial charge is 0.322 e. The van der Waals surface area contributed by atoms with E-state index in [2.05, 4.69) is 20.4 Å². The summed E-state index contributed by atoms with van der Waals surface area (Å²) in [6, 6.07) is 3.40. The van der Waals surface area contributed by atoms with E-state index < -0.39 is 26.6 Å². The van der Waals surface area contributed by atoms with Crippen LogP contribution < -0.4 is 5.43 Å². The summed E-state index contributed by atoms with van der Waals surface area (Å²) < 4.78 is 47.5. The second-order valence-electron chi connectivity index (χ2n) is 10.7. The number of nitrogens with zero attached hydrogens (tertiary/aromatic N) is 5. The van der Waals surface area contributed by atoms with Crippen molar-refractivity contribution < 1.29 is 22.3 Å². The molecule has 0 fully saturated rings. The molecule has 0 spiro atoms. The number of hydrogen-bond donors (Lipinski definition) is 1. The molecule has 0 saturated carbocycles. The monoisotopic (exact) mass is 556 g/mol. The third-order valence-corrected chi connectivity index (χ3v) is 8.42. The van der Waals surface area contributed by atoms with Crippen LogP contribution in [0.4, 0.5) is 10.2 Å². The SMILES string of the molecule is CCOC(=O)CN(CC(C)(C)C)Nc1nc(-c2cn(S(=O)(=O)C3(C)C=CC=CC3)c3ncccc23)ncc1F. The van der Waals surface area contributed by atoms with Crippen LogP contribution in [0.1, 0.15) is 41.0 Å². The van der Waals surface area contributed by atoms with Crippen LogP contribution in [-0.2, 0) is 19.6 Å². The number of halogens is 1. The van der Waals surface area contributed by atoms with Crippen molar-refractivity contribution in [2.75, 3.05) is 25.1 Å². The van der Waals surface area contributed by atoms with Gasteiger partial charge in [0.25, 0.3) is 0 Å². The number of ether oxygens (including phenoxy) is 1. The Hall–Kier alpha value is -3.64. The number of hydrazine groups is 1. The molecule has 0 saturated heterocycles. The summed E-state index contributed by atoms with van der Waals surface area (Å²) in [5.74, 6) is -1.26. The zero-order chi connectivity index (χ0) is 28.4. The van der Waals surface area contributed by atoms with Gasteiger partial charge in [-0.15, -0.1) is 0 Å². The van der Waals surface area contributed by atoms with E-state index in [1.165, 1.54) is 17.4 Å². The number of rotatable bonds is 9. The first-order valence-corrected chi connectivity index (χ1v) is 14.0. The number of allylic oxidation sites excluding steroid dienone is 3. The molecule has 39 heavy (non-hydrogen) atoms. The molecule has 4 rings (SSSR count). The number of fused-ring (bicyclic) bond motifs is 1. The summed E-state index contributed by atoms with van der Waals surface area (Å²) in [5.41, 5.74) is 3.25. The molecule has 0 aliphatic heterocycles. The zero-order valence-electron chi connectivity index (χ0n) is 22.7. The number of pyridine rings is 1. The summed E-state index contributed by atoms with van der Waals surface area (Å²) in [4.78, 5) is 25.1. The number of anilines is 1. The van der Waals surface area contributed by atoms with E-state index in [1.54, 1.807) is 50.3 Å². The second-order valence-corrected chi connectivity index (χ2v) is 13.0. The van der Waals surface area contributed by atoms with Crippen LogP contribution in [0, 0.1) is 11.2 Å². The van der Waals surface area contributed by atoms with Gasteiger partial charge in [0.1, 0.15) is 11.3 Å². The average Bonchev–Trinajstić information content (AvgIpc) is 3.25. The summed E-state index contributed by atoms with van der Waals surface area (Å²) in [5, 5.41) is 2.03. The van der Waals surface area contributed by atoms with Gasteiger partial charge in [-0.1, -0.05) is 45.1 Å². The van der Waals surface area contributed by atoms with E-state index >= 15 is 0 Å². The maximum absolute atomic E-state index is 14.9. The van der Waals surface area contributed by atoms with Crippen LogP contribution in [0.15, 0.2) is 55.0 Å². The summed E-state index contributed by atoms with van der Waals surface area (Å²) >= 11 is 0. The molecule has 1 aliphatic rings. The van der Waals surface area contributed by atoms with Gasteiger partial charge in [0, 0.05) is 29.9 Å². The predicted molar refractivity (Wildman–Crippen MR) is 148 cm³/mol. The van der Waals surface area contributed by atoms with Crippen LogP contribution in [0.5, 0.6) is 0 Å². The first-order valence-electron chi connectivity index (χ1n) is 12.6. The van der Waals surface area contributed by atoms with Gasteiger partial charge in [-0.25, -0.2) is 36.7 Å². The van der Waals surface area contributed by atoms with E-state index in [9.17, 15) is 17.6 Å². The van der Waals surface area contributed by atoms with Crippen LogP contribution in [0.3, 0.4) is 0 Å². The van der Waals surface area contributed by atoms with E-state index in [-0.39, 0.29) is 35.9 Å². The molecule has 3 aromatic rings. The molecule has 1 N–H and O–H groups in total. The Morgan fingerprint density at radius 1 is 1.28 bits per heavy atom. The molecule has 3 aromatic heterocycles. The fourth-order valence-electron chi connectivity index (χ4n) is 4.31. The number of hydrogen-bond acceptors (Lipinski definition) is 9. The lowest BCUT2D eigenvalue weighted by molar-refractivity contribution is -0.144. The molecular formula is C27H33FN6O4S. The van der Waals surface area contributed by atoms with Gasteiger partial charge in [0.2, 0.25) is 10.0 Å². The van der Waals surface area contributed by atoms with Gasteiger partial charge < -0.3 is 4.74 Å². The quantitative estimate of drug-likeness (QED) is 0.303. The van der Waals surface area contributed by atoms with Crippen LogP contribution >= 0.6 is 0 Å². The average molecular weight is 557 g/mol. The molecule has 0 aromatic carbocycles. The molecule has 12 heteroatoms. The Labute approximate surface area is 227 Å². The zero-order valence-corrected chi connectivity index (χ0v) is 23.5. The van der Waals surface area contributed by atoms with E-state index in [0.717, 1.165) is 10.2 Å². The van der Waals surface area contributed by atoms with Crippen LogP contribution in [0.2, 0.25) is 0 Å². The normalized spacial score (nSPS) is 17.6. The molecule has 10 nitrogen and oxygen atoms in total. The molecule has 3 heterocycles. The lowest BCUT2D eigenvalue weighted by Gasteiger charge is -2.29. The Bertz CT molecular complexity index is 1540. The van der Waals surface area contributed by atoms with Gasteiger partial charge in [0.05, 0.1) is 12.8 Å². The van der Waals surface area contributed by atoms with Gasteiger partial charge in [-0.3, -0.25) is 10.2 Å². The highest BCUT2D eigenvalue weighted by Crippen LogP contribution is 2.35. The Balaban J connectivity index is 1.76. The Morgan fingerprint density at radius 2 is 2.05 bits per heavy atom. The van der Waals surface area contributed by atoms with Crippen molar-refractivity contribution in [3.8, 4) is 11.4 Å². The van der Waals surface area contributed by atoms with Crippen molar-refractivity contribution in [1.29, 1.82) is 0 Å². The first kappa shape index (κ1) is 28.4. The lowest BCUT2D eigenvalue weighted by atomic mass is 9.97. The Morgan fingerprint density at radius 3 is 2.72 bits per heavy atom. The van der Waals surface area contributed by atoms with Crippen LogP contribution in [-0.4, -0.2) is 62.8 Å². The van der Waals surface area contributed by atoms with Gasteiger partial charge in [0.15, 0.2) is 23.1 Å². The second kappa shape index (κ2) is 10.9. The number of aromatic nitrogens is 4. The summed E-state index contributed by atoms with van der Waals surface area (Å²) in [6.45, 7) is 9.78. The fraction of sp³-hybridized carbons (Fsp3) is 0.407. The minimum absolute atomic E-state index is 0.0990. The fourth-order valence-corrected chi connectivity index (χ4v) is 5.94. The largest absolute Gasteiger partial charge is 0.465 e. The summed E-state index contributed by atoms with van der Waals surface area (Å²) in [6.07, 6.45) is 11.2. The Kier molecular flexibility index (Phi) is 7.89. The standard InChI is InChI=1S/C27H33FN6O4S/c1-6-38-22(35)17-33(18-26(2,3)4)32-24-21(28)15-30-23(31-24)20-16-34(25-19(20)11-10-14-29-25)39(36,37)27(5)12-8-7-9-13-27/h7-12,14-16H,6,13,17-18H2,1-5H3,(H,30,31,32). The van der Waals surface area contributed by atoms with Crippen molar-refractivity contribution in [3.63, 3.8) is 0 Å². The molecule has 1 aliphatic carbocycles. The molecule has 1 unspecified atom stereocenters. The van der Waals surface area contributed by atoms with E-state index in [4.69, 9.17) is 4.74 Å². The van der Waals surface area contributed by atoms with Gasteiger partial charge in [-0.2, -0.15) is 0 Å². The first-order chi connectivity index (χ1) is 18.3. The molecule has 0 radical (unpaired) electrons. The maximum atomic E-state index is 14.9. The van der Waals surface area contributed by atoms with Gasteiger partial charge >= 0.3 is 5.97 Å². The number of esters is 1. The number of carbonyl (C=O) groups is 1. The van der Waals surface area contributed by atoms with E-state index in [0.29, 0.717) is 23.9 Å². The topological polar surface area (TPSA) is 119 Å². The third-order valence-electron chi connectivity index (χ3n) is 6.14. The highest BCUT2D eigenvalue weighted by molar-refractivity contribution is 7.91. The summed E-state index contributed by atoms with van der Waals surface area (Å²) in [7, 11) is -3.94. The van der Waals surface area contributed by atoms with Crippen molar-refractivity contribution in [1.82, 2.24) is 23.9 Å². The molecule has 1 atom stereocenters. The van der Waals surface area contributed by atoms with Crippen LogP contribution in [0.25, 0.3) is 22.4 Å². The third kappa shape index (κ3) is 6.01. The molecule has 208 valence electrons. The maximum Gasteiger partial charge on any atom is 0.322 e. The van der Waals surface area contributed by atoms with E-state index in [1.807, 2.05) is 20.8 Å². The lowest BCUT2D eigenvalue weighted by Crippen LogP contribution is -2.41. The van der Waals surface area contributed by atoms with Gasteiger partial charge in [-0.05, 0) is 37.8 Å². The van der Waals surface area contributed by atoms with Crippen molar-refractivity contribution >= 4 is 32.8 Å². The molecule has 0 amide bonds. The van der Waals surface area contributed by atoms with Crippen molar-refractivity contribution in [2.45, 2.75) is 45.8 Å². The minimum Gasteiger partial charge on any atom is -0.465 e. The highest BCUT2D eigenvalue weighted by atomic mass is 32.2. The number of nitrogens with one attached hydrogen (secondary N) is 1. The molecule has 0 bridgehead atoms. The molecular weight excluding hydrogens is 523 g/mol. The van der Waals surface area contributed by atoms with Crippen molar-refractivity contribution in [3.05, 3.63) is 60.8 Å². The predicted octanol–water partition coefficient (Wildman–Crippen LogP) is 4.32. The highest BCUT2D eigenvalue weighted by Gasteiger charge is 2.39.